The van der Waals surface area contributed by atoms with Crippen molar-refractivity contribution in [3.8, 4) is 0 Å². The summed E-state index contributed by atoms with van der Waals surface area (Å²) in [6.07, 6.45) is 0. The van der Waals surface area contributed by atoms with Crippen LogP contribution in [0.2, 0.25) is 0 Å². The molecule has 0 aliphatic carbocycles. The molecule has 19 heavy (non-hydrogen) atoms. The van der Waals surface area contributed by atoms with Gasteiger partial charge < -0.3 is 14.6 Å². The molecule has 0 amide bonds. The number of hydrogen-bond donors (Lipinski definition) is 2. The van der Waals surface area contributed by atoms with E-state index in [9.17, 15) is 4.79 Å². The second-order valence-electron chi connectivity index (χ2n) is 3.73. The van der Waals surface area contributed by atoms with Crippen LogP contribution in [0.1, 0.15) is 19.4 Å². The van der Waals surface area contributed by atoms with Gasteiger partial charge in [0.15, 0.2) is 0 Å². The van der Waals surface area contributed by atoms with Crippen molar-refractivity contribution in [1.29, 1.82) is 5.41 Å². The van der Waals surface area contributed by atoms with Gasteiger partial charge in [-0.1, -0.05) is 18.2 Å². The quantitative estimate of drug-likeness (QED) is 0.495. The highest BCUT2D eigenvalue weighted by Crippen LogP contribution is 1.99. The molecule has 106 valence electrons. The van der Waals surface area contributed by atoms with Crippen molar-refractivity contribution in [2.45, 2.75) is 13.8 Å². The first kappa shape index (κ1) is 17.1. The Hall–Kier alpha value is -1.88. The van der Waals surface area contributed by atoms with E-state index >= 15 is 0 Å². The fraction of sp³-hybridized carbons (Fsp3) is 0.429. The molecule has 2 N–H and O–H groups in total. The Morgan fingerprint density at radius 2 is 1.95 bits per heavy atom. The van der Waals surface area contributed by atoms with Crippen LogP contribution >= 0.6 is 0 Å². The van der Waals surface area contributed by atoms with Crippen LogP contribution in [-0.4, -0.2) is 37.3 Å². The van der Waals surface area contributed by atoms with Gasteiger partial charge in [-0.25, -0.2) is 0 Å². The van der Waals surface area contributed by atoms with Gasteiger partial charge in [-0.15, -0.1) is 0 Å². The number of rotatable bonds is 4. The Kier molecular flexibility index (Phi) is 9.08. The third-order valence-electron chi connectivity index (χ3n) is 2.20. The van der Waals surface area contributed by atoms with Crippen LogP contribution in [0.3, 0.4) is 0 Å². The Morgan fingerprint density at radius 1 is 1.37 bits per heavy atom. The summed E-state index contributed by atoms with van der Waals surface area (Å²) in [5.41, 5.74) is 0.828. The summed E-state index contributed by atoms with van der Waals surface area (Å²) in [5, 5.41) is 15.7. The summed E-state index contributed by atoms with van der Waals surface area (Å²) in [6, 6.07) is 9.42. The van der Waals surface area contributed by atoms with E-state index in [2.05, 4.69) is 4.74 Å². The Labute approximate surface area is 113 Å². The van der Waals surface area contributed by atoms with Gasteiger partial charge in [-0.3, -0.25) is 10.2 Å². The first-order chi connectivity index (χ1) is 9.06. The average molecular weight is 267 g/mol. The van der Waals surface area contributed by atoms with Crippen LogP contribution in [0.25, 0.3) is 0 Å². The topological polar surface area (TPSA) is 79.6 Å². The minimum Gasteiger partial charge on any atom is -0.478 e. The zero-order valence-corrected chi connectivity index (χ0v) is 11.6. The second-order valence-corrected chi connectivity index (χ2v) is 3.73. The number of aliphatic hydroxyl groups is 1. The molecule has 0 heterocycles. The largest absolute Gasteiger partial charge is 0.478 e. The monoisotopic (exact) mass is 267 g/mol. The van der Waals surface area contributed by atoms with E-state index in [0.29, 0.717) is 6.61 Å². The minimum absolute atomic E-state index is 0.146. The van der Waals surface area contributed by atoms with Crippen LogP contribution in [0.4, 0.5) is 0 Å². The van der Waals surface area contributed by atoms with E-state index in [4.69, 9.17) is 15.3 Å². The van der Waals surface area contributed by atoms with Crippen molar-refractivity contribution in [3.05, 3.63) is 35.9 Å². The Morgan fingerprint density at radius 3 is 2.32 bits per heavy atom. The number of nitrogens with one attached hydrogen (secondary N) is 1. The van der Waals surface area contributed by atoms with Gasteiger partial charge in [-0.05, 0) is 26.0 Å². The molecule has 0 saturated heterocycles. The van der Waals surface area contributed by atoms with Crippen LogP contribution in [0, 0.1) is 11.3 Å². The van der Waals surface area contributed by atoms with Crippen molar-refractivity contribution >= 4 is 11.9 Å². The molecular weight excluding hydrogens is 246 g/mol. The van der Waals surface area contributed by atoms with Gasteiger partial charge in [0.1, 0.15) is 0 Å². The number of esters is 1. The van der Waals surface area contributed by atoms with Gasteiger partial charge in [0.05, 0.1) is 26.2 Å². The number of aliphatic hydroxyl groups excluding tert-OH is 1. The van der Waals surface area contributed by atoms with E-state index in [1.54, 1.807) is 6.92 Å². The molecule has 0 fully saturated rings. The average Bonchev–Trinajstić information content (AvgIpc) is 2.47. The van der Waals surface area contributed by atoms with E-state index in [1.165, 1.54) is 7.11 Å². The summed E-state index contributed by atoms with van der Waals surface area (Å²) < 4.78 is 9.32. The number of carbonyl (C=O) groups is 1. The standard InChI is InChI=1S/C9H11NO.C5H10O3/c1-2-11-9(10)8-6-4-3-5-7-8;1-4(3-6)5(7)8-2/h3-7,10H,2H2,1H3;4,6H,3H2,1-2H3/t;4-/m.0/s1. The van der Waals surface area contributed by atoms with Crippen molar-refractivity contribution in [3.63, 3.8) is 0 Å². The van der Waals surface area contributed by atoms with Crippen LogP contribution < -0.4 is 0 Å². The summed E-state index contributed by atoms with van der Waals surface area (Å²) in [4.78, 5) is 10.4. The number of ether oxygens (including phenoxy) is 2. The van der Waals surface area contributed by atoms with E-state index in [-0.39, 0.29) is 24.4 Å². The zero-order valence-electron chi connectivity index (χ0n) is 11.6. The fourth-order valence-corrected chi connectivity index (χ4v) is 1.09. The van der Waals surface area contributed by atoms with Crippen LogP contribution in [0.15, 0.2) is 30.3 Å². The molecule has 5 nitrogen and oxygen atoms in total. The predicted molar refractivity (Wildman–Crippen MR) is 73.2 cm³/mol. The van der Waals surface area contributed by atoms with Gasteiger partial charge in [-0.2, -0.15) is 0 Å². The molecule has 1 aromatic rings. The molecule has 0 radical (unpaired) electrons. The number of hydrogen-bond acceptors (Lipinski definition) is 5. The number of carbonyl (C=O) groups excluding carboxylic acids is 1. The molecule has 0 aliphatic heterocycles. The van der Waals surface area contributed by atoms with Crippen molar-refractivity contribution in [2.24, 2.45) is 5.92 Å². The van der Waals surface area contributed by atoms with E-state index in [0.717, 1.165) is 5.56 Å². The summed E-state index contributed by atoms with van der Waals surface area (Å²) in [6.45, 7) is 3.88. The highest BCUT2D eigenvalue weighted by atomic mass is 16.5. The van der Waals surface area contributed by atoms with Crippen molar-refractivity contribution in [1.82, 2.24) is 0 Å². The lowest BCUT2D eigenvalue weighted by atomic mass is 10.2. The molecule has 1 aromatic carbocycles. The zero-order chi connectivity index (χ0) is 14.7. The molecule has 0 saturated carbocycles. The van der Waals surface area contributed by atoms with Gasteiger partial charge in [0.25, 0.3) is 0 Å². The van der Waals surface area contributed by atoms with Crippen LogP contribution in [0.5, 0.6) is 0 Å². The smallest absolute Gasteiger partial charge is 0.310 e. The van der Waals surface area contributed by atoms with Crippen molar-refractivity contribution in [2.75, 3.05) is 20.3 Å². The lowest BCUT2D eigenvalue weighted by Gasteiger charge is -2.02. The molecule has 0 aromatic heterocycles. The third kappa shape index (κ3) is 7.21. The lowest BCUT2D eigenvalue weighted by Crippen LogP contribution is -2.15. The maximum Gasteiger partial charge on any atom is 0.310 e. The normalized spacial score (nSPS) is 10.7. The minimum atomic E-state index is -0.389. The van der Waals surface area contributed by atoms with Gasteiger partial charge in [0, 0.05) is 5.56 Å². The van der Waals surface area contributed by atoms with E-state index < -0.39 is 0 Å². The maximum absolute atomic E-state index is 10.4. The van der Waals surface area contributed by atoms with Gasteiger partial charge >= 0.3 is 5.97 Å². The SMILES string of the molecule is CCOC(=N)c1ccccc1.COC(=O)[C@@H](C)CO. The highest BCUT2D eigenvalue weighted by Gasteiger charge is 2.09. The van der Waals surface area contributed by atoms with Crippen molar-refractivity contribution < 1.29 is 19.4 Å². The maximum atomic E-state index is 10.4. The molecule has 0 aliphatic rings. The van der Waals surface area contributed by atoms with Crippen LogP contribution in [-0.2, 0) is 14.3 Å². The summed E-state index contributed by atoms with van der Waals surface area (Å²) in [5.74, 6) is -0.513. The number of methoxy groups -OCH3 is 1. The number of benzene rings is 1. The first-order valence-corrected chi connectivity index (χ1v) is 6.02. The third-order valence-corrected chi connectivity index (χ3v) is 2.20. The Balaban J connectivity index is 0.000000362. The fourth-order valence-electron chi connectivity index (χ4n) is 1.09. The molecule has 0 spiro atoms. The highest BCUT2D eigenvalue weighted by molar-refractivity contribution is 5.91. The Bertz CT molecular complexity index is 378. The molecular formula is C14H21NO4. The second kappa shape index (κ2) is 10.1. The molecule has 1 atom stereocenters. The molecule has 0 unspecified atom stereocenters. The summed E-state index contributed by atoms with van der Waals surface area (Å²) in [7, 11) is 1.30. The molecule has 5 heteroatoms. The first-order valence-electron chi connectivity index (χ1n) is 6.02. The predicted octanol–water partition coefficient (Wildman–Crippen LogP) is 1.84. The summed E-state index contributed by atoms with van der Waals surface area (Å²) >= 11 is 0. The van der Waals surface area contributed by atoms with E-state index in [1.807, 2.05) is 37.3 Å². The molecule has 0 bridgehead atoms. The van der Waals surface area contributed by atoms with Gasteiger partial charge in [0.2, 0.25) is 5.90 Å². The molecule has 1 rings (SSSR count). The lowest BCUT2D eigenvalue weighted by molar-refractivity contribution is -0.146.